The van der Waals surface area contributed by atoms with Crippen LogP contribution in [0.1, 0.15) is 60.8 Å². The highest BCUT2D eigenvalue weighted by molar-refractivity contribution is 5.75. The van der Waals surface area contributed by atoms with Crippen LogP contribution in [0.5, 0.6) is 0 Å². The molecule has 5 heterocycles. The zero-order chi connectivity index (χ0) is 29.6. The number of alkyl halides is 3. The van der Waals surface area contributed by atoms with Crippen LogP contribution in [-0.2, 0) is 13.0 Å². The number of urea groups is 1. The summed E-state index contributed by atoms with van der Waals surface area (Å²) in [5, 5.41) is 2.91. The normalized spacial score (nSPS) is 20.0. The number of benzene rings is 1. The number of carbonyl (C=O) groups is 1. The molecule has 2 amide bonds. The molecule has 6 rings (SSSR count). The van der Waals surface area contributed by atoms with E-state index in [9.17, 15) is 31.5 Å². The van der Waals surface area contributed by atoms with Gasteiger partial charge in [-0.05, 0) is 37.3 Å². The number of piperidine rings is 1. The van der Waals surface area contributed by atoms with E-state index in [4.69, 9.17) is 0 Å². The van der Waals surface area contributed by atoms with Gasteiger partial charge in [0.25, 0.3) is 0 Å². The number of rotatable bonds is 4. The molecule has 2 aliphatic rings. The molecule has 1 aromatic carbocycles. The van der Waals surface area contributed by atoms with Gasteiger partial charge in [0.15, 0.2) is 17.3 Å². The number of hydrogen-bond acceptors (Lipinski definition) is 5. The highest BCUT2D eigenvalue weighted by atomic mass is 19.4. The first-order valence-corrected chi connectivity index (χ1v) is 13.6. The summed E-state index contributed by atoms with van der Waals surface area (Å²) in [5.74, 6) is -2.46. The summed E-state index contributed by atoms with van der Waals surface area (Å²) in [6, 6.07) is 2.44. The van der Waals surface area contributed by atoms with Crippen molar-refractivity contribution in [3.8, 4) is 0 Å². The lowest BCUT2D eigenvalue weighted by molar-refractivity contribution is -0.128. The van der Waals surface area contributed by atoms with Gasteiger partial charge in [0.05, 0.1) is 18.7 Å². The monoisotopic (exact) mass is 590 g/mol. The third kappa shape index (κ3) is 5.34. The fourth-order valence-electron chi connectivity index (χ4n) is 6.09. The Morgan fingerprint density at radius 1 is 1.07 bits per heavy atom. The minimum absolute atomic E-state index is 0.0397. The SMILES string of the molecule is O=C(NC1CCC(c2cccc(F)c2F)Cn2c(CC(F)(F)F)cnc21)N1CCC(n2c(=O)[nH]c3ncncc32)CC1. The maximum atomic E-state index is 14.7. The molecule has 0 bridgehead atoms. The molecule has 15 heteroatoms. The highest BCUT2D eigenvalue weighted by Crippen LogP contribution is 2.36. The van der Waals surface area contributed by atoms with Crippen LogP contribution in [0.4, 0.5) is 26.7 Å². The van der Waals surface area contributed by atoms with Gasteiger partial charge in [-0.25, -0.2) is 33.3 Å². The lowest BCUT2D eigenvalue weighted by atomic mass is 9.92. The summed E-state index contributed by atoms with van der Waals surface area (Å²) < 4.78 is 71.8. The first-order chi connectivity index (χ1) is 20.1. The quantitative estimate of drug-likeness (QED) is 0.343. The minimum atomic E-state index is -4.51. The summed E-state index contributed by atoms with van der Waals surface area (Å²) in [4.78, 5) is 42.5. The maximum Gasteiger partial charge on any atom is 0.394 e. The van der Waals surface area contributed by atoms with Gasteiger partial charge in [-0.3, -0.25) is 9.55 Å². The van der Waals surface area contributed by atoms with Crippen LogP contribution >= 0.6 is 0 Å². The van der Waals surface area contributed by atoms with Gasteiger partial charge in [-0.1, -0.05) is 12.1 Å². The van der Waals surface area contributed by atoms with Gasteiger partial charge < -0.3 is 14.8 Å². The summed E-state index contributed by atoms with van der Waals surface area (Å²) in [6.45, 7) is 0.629. The lowest BCUT2D eigenvalue weighted by Gasteiger charge is -2.33. The predicted molar refractivity (Wildman–Crippen MR) is 140 cm³/mol. The van der Waals surface area contributed by atoms with Crippen LogP contribution in [0.15, 0.2) is 41.7 Å². The second-order valence-electron chi connectivity index (χ2n) is 10.7. The average Bonchev–Trinajstić information content (AvgIpc) is 3.43. The molecule has 4 aromatic rings. The fourth-order valence-corrected chi connectivity index (χ4v) is 6.09. The van der Waals surface area contributed by atoms with E-state index in [1.54, 1.807) is 15.7 Å². The number of aromatic nitrogens is 6. The predicted octanol–water partition coefficient (Wildman–Crippen LogP) is 4.36. The molecular formula is C27H27F5N8O2. The summed E-state index contributed by atoms with van der Waals surface area (Å²) >= 11 is 0. The molecule has 2 aliphatic heterocycles. The zero-order valence-corrected chi connectivity index (χ0v) is 22.2. The molecule has 3 aromatic heterocycles. The number of imidazole rings is 2. The van der Waals surface area contributed by atoms with Gasteiger partial charge in [-0.15, -0.1) is 0 Å². The second kappa shape index (κ2) is 10.8. The molecule has 1 fully saturated rings. The van der Waals surface area contributed by atoms with Crippen molar-refractivity contribution in [3.05, 3.63) is 76.1 Å². The minimum Gasteiger partial charge on any atom is -0.329 e. The van der Waals surface area contributed by atoms with E-state index < -0.39 is 42.2 Å². The van der Waals surface area contributed by atoms with Gasteiger partial charge in [0, 0.05) is 43.5 Å². The van der Waals surface area contributed by atoms with Crippen LogP contribution in [0.2, 0.25) is 0 Å². The van der Waals surface area contributed by atoms with Crippen molar-refractivity contribution in [1.82, 2.24) is 39.3 Å². The van der Waals surface area contributed by atoms with Crippen molar-refractivity contribution in [3.63, 3.8) is 0 Å². The third-order valence-corrected chi connectivity index (χ3v) is 8.10. The summed E-state index contributed by atoms with van der Waals surface area (Å²) in [5.41, 5.74) is 0.654. The number of hydrogen-bond donors (Lipinski definition) is 2. The van der Waals surface area contributed by atoms with Crippen molar-refractivity contribution in [2.24, 2.45) is 0 Å². The number of nitrogens with one attached hydrogen (secondary N) is 2. The highest BCUT2D eigenvalue weighted by Gasteiger charge is 2.36. The Bertz CT molecular complexity index is 1670. The van der Waals surface area contributed by atoms with E-state index in [2.05, 4.69) is 25.3 Å². The smallest absolute Gasteiger partial charge is 0.329 e. The summed E-state index contributed by atoms with van der Waals surface area (Å²) in [6.07, 6.45) is -0.198. The first kappa shape index (κ1) is 27.8. The molecule has 0 spiro atoms. The molecule has 2 atom stereocenters. The number of fused-ring (bicyclic) bond motifs is 2. The van der Waals surface area contributed by atoms with Crippen LogP contribution in [-0.4, -0.2) is 59.3 Å². The zero-order valence-electron chi connectivity index (χ0n) is 22.2. The van der Waals surface area contributed by atoms with E-state index >= 15 is 0 Å². The lowest BCUT2D eigenvalue weighted by Crippen LogP contribution is -2.46. The molecular weight excluding hydrogens is 563 g/mol. The number of carbonyl (C=O) groups excluding carboxylic acids is 1. The number of aromatic amines is 1. The molecule has 2 unspecified atom stereocenters. The number of halogens is 5. The number of amides is 2. The Labute approximate surface area is 235 Å². The maximum absolute atomic E-state index is 14.7. The molecule has 0 saturated carbocycles. The number of H-pyrrole nitrogens is 1. The average molecular weight is 591 g/mol. The standard InChI is InChI=1S/C27H27F5N8O2/c28-19-3-1-2-18(22(19)29)15-4-5-20(24-34-11-17(39(24)13-15)10-27(30,31)32)36-25(41)38-8-6-16(7-9-38)40-21-12-33-14-35-23(21)37-26(40)42/h1-3,11-12,14-16,20H,4-10,13H2,(H,36,41)(H,33,35,37,42). The molecule has 10 nitrogen and oxygen atoms in total. The van der Waals surface area contributed by atoms with Gasteiger partial charge in [0.2, 0.25) is 0 Å². The molecule has 2 N–H and O–H groups in total. The summed E-state index contributed by atoms with van der Waals surface area (Å²) in [7, 11) is 0. The van der Waals surface area contributed by atoms with E-state index in [0.29, 0.717) is 37.1 Å². The van der Waals surface area contributed by atoms with Crippen LogP contribution in [0.25, 0.3) is 11.2 Å². The Kier molecular flexibility index (Phi) is 7.19. The Hall–Kier alpha value is -4.30. The largest absolute Gasteiger partial charge is 0.394 e. The fraction of sp³-hybridized carbons (Fsp3) is 0.444. The molecule has 0 radical (unpaired) electrons. The molecule has 222 valence electrons. The van der Waals surface area contributed by atoms with Crippen LogP contribution in [0, 0.1) is 11.6 Å². The van der Waals surface area contributed by atoms with Crippen molar-refractivity contribution in [2.75, 3.05) is 13.1 Å². The topological polar surface area (TPSA) is 114 Å². The Morgan fingerprint density at radius 3 is 2.62 bits per heavy atom. The van der Waals surface area contributed by atoms with Crippen LogP contribution < -0.4 is 11.0 Å². The Morgan fingerprint density at radius 2 is 1.86 bits per heavy atom. The van der Waals surface area contributed by atoms with E-state index in [0.717, 1.165) is 12.3 Å². The van der Waals surface area contributed by atoms with E-state index in [1.807, 2.05) is 0 Å². The molecule has 1 saturated heterocycles. The van der Waals surface area contributed by atoms with Gasteiger partial charge in [0.1, 0.15) is 17.7 Å². The number of nitrogens with zero attached hydrogens (tertiary/aromatic N) is 6. The molecule has 42 heavy (non-hydrogen) atoms. The van der Waals surface area contributed by atoms with Gasteiger partial charge >= 0.3 is 17.9 Å². The molecule has 0 aliphatic carbocycles. The van der Waals surface area contributed by atoms with Crippen molar-refractivity contribution in [1.29, 1.82) is 0 Å². The second-order valence-corrected chi connectivity index (χ2v) is 10.7. The van der Waals surface area contributed by atoms with E-state index in [-0.39, 0.29) is 48.2 Å². The van der Waals surface area contributed by atoms with Gasteiger partial charge in [-0.2, -0.15) is 13.2 Å². The van der Waals surface area contributed by atoms with Crippen molar-refractivity contribution in [2.45, 2.75) is 62.8 Å². The first-order valence-electron chi connectivity index (χ1n) is 13.6. The third-order valence-electron chi connectivity index (χ3n) is 8.10. The van der Waals surface area contributed by atoms with Crippen molar-refractivity contribution < 1.29 is 26.7 Å². The van der Waals surface area contributed by atoms with Crippen LogP contribution in [0.3, 0.4) is 0 Å². The van der Waals surface area contributed by atoms with E-state index in [1.165, 1.54) is 23.0 Å². The Balaban J connectivity index is 1.20. The number of likely N-dealkylation sites (tertiary alicyclic amines) is 1. The van der Waals surface area contributed by atoms with Crippen molar-refractivity contribution >= 4 is 17.2 Å².